The van der Waals surface area contributed by atoms with Crippen molar-refractivity contribution < 1.29 is 23.8 Å². The van der Waals surface area contributed by atoms with Gasteiger partial charge in [-0.05, 0) is 17.7 Å². The Bertz CT molecular complexity index is 436. The van der Waals surface area contributed by atoms with Crippen molar-refractivity contribution in [2.24, 2.45) is 0 Å². The van der Waals surface area contributed by atoms with E-state index in [1.807, 2.05) is 0 Å². The monoisotopic (exact) mass is 227 g/mol. The van der Waals surface area contributed by atoms with Crippen LogP contribution in [0.4, 0.5) is 8.78 Å². The first-order valence-electron chi connectivity index (χ1n) is 4.19. The minimum atomic E-state index is -4.26. The third-order valence-corrected chi connectivity index (χ3v) is 1.98. The number of benzene rings is 1. The lowest BCUT2D eigenvalue weighted by Crippen LogP contribution is -2.35. The van der Waals surface area contributed by atoms with E-state index < -0.39 is 18.0 Å². The number of hydrogen-bond donors (Lipinski definition) is 2. The number of aliphatic carboxylic acids is 1. The van der Waals surface area contributed by atoms with Gasteiger partial charge in [-0.25, -0.2) is 4.79 Å². The summed E-state index contributed by atoms with van der Waals surface area (Å²) in [5, 5.41) is 25.8. The van der Waals surface area contributed by atoms with Crippen LogP contribution >= 0.6 is 0 Å². The summed E-state index contributed by atoms with van der Waals surface area (Å²) in [5.41, 5.74) is -0.0269. The van der Waals surface area contributed by atoms with Crippen LogP contribution in [0.2, 0.25) is 0 Å². The smallest absolute Gasteiger partial charge is 0.377 e. The molecule has 0 fully saturated rings. The summed E-state index contributed by atoms with van der Waals surface area (Å²) in [6.45, 7) is 0. The molecule has 2 N–H and O–H groups in total. The van der Waals surface area contributed by atoms with Crippen LogP contribution in [0.15, 0.2) is 24.3 Å². The molecule has 6 heteroatoms. The molecule has 1 atom stereocenters. The maximum Gasteiger partial charge on any atom is 0.377 e. The highest BCUT2D eigenvalue weighted by Gasteiger charge is 2.47. The quantitative estimate of drug-likeness (QED) is 0.815. The second-order valence-corrected chi connectivity index (χ2v) is 3.06. The molecule has 0 aliphatic carbocycles. The van der Waals surface area contributed by atoms with Gasteiger partial charge in [0.15, 0.2) is 6.10 Å². The van der Waals surface area contributed by atoms with Gasteiger partial charge in [0.25, 0.3) is 0 Å². The predicted octanol–water partition coefficient (Wildman–Crippen LogP) is 1.31. The van der Waals surface area contributed by atoms with Gasteiger partial charge in [-0.15, -0.1) is 0 Å². The number of rotatable bonds is 3. The third kappa shape index (κ3) is 2.15. The Morgan fingerprint density at radius 2 is 1.88 bits per heavy atom. The van der Waals surface area contributed by atoms with E-state index in [-0.39, 0.29) is 11.1 Å². The first-order valence-corrected chi connectivity index (χ1v) is 4.19. The van der Waals surface area contributed by atoms with Crippen LogP contribution in [-0.2, 0) is 4.79 Å². The molecule has 0 heterocycles. The van der Waals surface area contributed by atoms with Crippen molar-refractivity contribution in [1.82, 2.24) is 0 Å². The van der Waals surface area contributed by atoms with Gasteiger partial charge in [-0.3, -0.25) is 0 Å². The second-order valence-electron chi connectivity index (χ2n) is 3.06. The molecule has 0 aliphatic rings. The van der Waals surface area contributed by atoms with Crippen LogP contribution in [0.1, 0.15) is 17.2 Å². The molecule has 0 radical (unpaired) electrons. The van der Waals surface area contributed by atoms with E-state index in [0.717, 1.165) is 12.1 Å². The van der Waals surface area contributed by atoms with Crippen molar-refractivity contribution in [1.29, 1.82) is 5.26 Å². The summed E-state index contributed by atoms with van der Waals surface area (Å²) in [5.74, 6) is -6.65. The SMILES string of the molecule is N#Cc1ccc(C(O)C(F)(F)C(=O)O)cc1. The molecule has 4 nitrogen and oxygen atoms in total. The third-order valence-electron chi connectivity index (χ3n) is 1.98. The van der Waals surface area contributed by atoms with Crippen LogP contribution < -0.4 is 0 Å². The Hall–Kier alpha value is -2.00. The maximum atomic E-state index is 12.9. The van der Waals surface area contributed by atoms with Gasteiger partial charge in [-0.2, -0.15) is 14.0 Å². The number of carbonyl (C=O) groups is 1. The zero-order chi connectivity index (χ0) is 12.3. The Morgan fingerprint density at radius 3 is 2.25 bits per heavy atom. The van der Waals surface area contributed by atoms with Crippen LogP contribution in [0, 0.1) is 11.3 Å². The number of alkyl halides is 2. The molecule has 0 saturated carbocycles. The summed E-state index contributed by atoms with van der Waals surface area (Å²) in [7, 11) is 0. The van der Waals surface area contributed by atoms with E-state index in [2.05, 4.69) is 0 Å². The Labute approximate surface area is 89.4 Å². The molecule has 0 bridgehead atoms. The Balaban J connectivity index is 3.01. The molecule has 0 aliphatic heterocycles. The molecule has 1 aromatic rings. The zero-order valence-corrected chi connectivity index (χ0v) is 7.89. The van der Waals surface area contributed by atoms with Gasteiger partial charge in [0.05, 0.1) is 11.6 Å². The molecule has 1 unspecified atom stereocenters. The van der Waals surface area contributed by atoms with Crippen molar-refractivity contribution in [2.75, 3.05) is 0 Å². The first-order chi connectivity index (χ1) is 7.39. The number of hydrogen-bond acceptors (Lipinski definition) is 3. The lowest BCUT2D eigenvalue weighted by molar-refractivity contribution is -0.182. The minimum absolute atomic E-state index is 0.231. The zero-order valence-electron chi connectivity index (χ0n) is 7.89. The molecular formula is C10H7F2NO3. The fourth-order valence-corrected chi connectivity index (χ4v) is 1.07. The summed E-state index contributed by atoms with van der Waals surface area (Å²) in [6.07, 6.45) is -2.43. The molecule has 16 heavy (non-hydrogen) atoms. The van der Waals surface area contributed by atoms with E-state index in [1.54, 1.807) is 6.07 Å². The van der Waals surface area contributed by atoms with Crippen molar-refractivity contribution in [2.45, 2.75) is 12.0 Å². The number of aliphatic hydroxyl groups is 1. The normalized spacial score (nSPS) is 12.9. The second kappa shape index (κ2) is 4.24. The van der Waals surface area contributed by atoms with Crippen molar-refractivity contribution in [3.05, 3.63) is 35.4 Å². The minimum Gasteiger partial charge on any atom is -0.477 e. The topological polar surface area (TPSA) is 81.3 Å². The number of carboxylic acids is 1. The molecule has 0 amide bonds. The van der Waals surface area contributed by atoms with Gasteiger partial charge in [-0.1, -0.05) is 12.1 Å². The average molecular weight is 227 g/mol. The van der Waals surface area contributed by atoms with E-state index in [4.69, 9.17) is 15.5 Å². The summed E-state index contributed by atoms with van der Waals surface area (Å²) in [6, 6.07) is 6.37. The van der Waals surface area contributed by atoms with Crippen molar-refractivity contribution in [3.8, 4) is 6.07 Å². The van der Waals surface area contributed by atoms with Crippen LogP contribution in [0.3, 0.4) is 0 Å². The number of aliphatic hydroxyl groups excluding tert-OH is 1. The van der Waals surface area contributed by atoms with Crippen molar-refractivity contribution in [3.63, 3.8) is 0 Å². The fraction of sp³-hybridized carbons (Fsp3) is 0.200. The standard InChI is InChI=1S/C10H7F2NO3/c11-10(12,9(15)16)8(14)7-3-1-6(5-13)2-4-7/h1-4,8,14H,(H,15,16). The largest absolute Gasteiger partial charge is 0.477 e. The Morgan fingerprint density at radius 1 is 1.38 bits per heavy atom. The molecule has 1 aromatic carbocycles. The van der Waals surface area contributed by atoms with E-state index in [0.29, 0.717) is 0 Å². The molecule has 0 spiro atoms. The van der Waals surface area contributed by atoms with E-state index in [9.17, 15) is 13.6 Å². The highest BCUT2D eigenvalue weighted by Crippen LogP contribution is 2.31. The number of nitrogens with zero attached hydrogens (tertiary/aromatic N) is 1. The fourth-order valence-electron chi connectivity index (χ4n) is 1.07. The van der Waals surface area contributed by atoms with E-state index in [1.165, 1.54) is 12.1 Å². The molecule has 1 rings (SSSR count). The molecule has 0 aromatic heterocycles. The number of halogens is 2. The molecule has 0 saturated heterocycles. The lowest BCUT2D eigenvalue weighted by Gasteiger charge is -2.18. The van der Waals surface area contributed by atoms with Crippen LogP contribution in [0.25, 0.3) is 0 Å². The maximum absolute atomic E-state index is 12.9. The summed E-state index contributed by atoms with van der Waals surface area (Å²) < 4.78 is 25.8. The number of nitriles is 1. The highest BCUT2D eigenvalue weighted by atomic mass is 19.3. The first kappa shape index (κ1) is 12.1. The number of carboxylic acid groups (broad SMARTS) is 1. The van der Waals surface area contributed by atoms with Gasteiger partial charge in [0.1, 0.15) is 0 Å². The van der Waals surface area contributed by atoms with Crippen LogP contribution in [0.5, 0.6) is 0 Å². The van der Waals surface area contributed by atoms with Gasteiger partial charge >= 0.3 is 11.9 Å². The highest BCUT2D eigenvalue weighted by molar-refractivity contribution is 5.76. The molecule has 84 valence electrons. The van der Waals surface area contributed by atoms with Gasteiger partial charge in [0, 0.05) is 0 Å². The summed E-state index contributed by atoms with van der Waals surface area (Å²) in [4.78, 5) is 10.2. The Kier molecular flexibility index (Phi) is 3.20. The average Bonchev–Trinajstić information content (AvgIpc) is 2.28. The lowest BCUT2D eigenvalue weighted by atomic mass is 10.0. The van der Waals surface area contributed by atoms with E-state index >= 15 is 0 Å². The van der Waals surface area contributed by atoms with Gasteiger partial charge < -0.3 is 10.2 Å². The van der Waals surface area contributed by atoms with Crippen LogP contribution in [-0.4, -0.2) is 22.1 Å². The predicted molar refractivity (Wildman–Crippen MR) is 48.7 cm³/mol. The van der Waals surface area contributed by atoms with Crippen molar-refractivity contribution >= 4 is 5.97 Å². The van der Waals surface area contributed by atoms with Gasteiger partial charge in [0.2, 0.25) is 0 Å². The summed E-state index contributed by atoms with van der Waals surface area (Å²) >= 11 is 0. The molecular weight excluding hydrogens is 220 g/mol.